The van der Waals surface area contributed by atoms with Crippen LogP contribution < -0.4 is 4.90 Å². The minimum atomic E-state index is -0.545. The molecule has 0 spiro atoms. The van der Waals surface area contributed by atoms with Crippen molar-refractivity contribution in [2.75, 3.05) is 44.8 Å². The van der Waals surface area contributed by atoms with E-state index >= 15 is 0 Å². The number of piperazine rings is 1. The highest BCUT2D eigenvalue weighted by Gasteiger charge is 2.32. The lowest BCUT2D eigenvalue weighted by Crippen LogP contribution is -2.49. The van der Waals surface area contributed by atoms with Crippen molar-refractivity contribution in [1.82, 2.24) is 19.7 Å². The fourth-order valence-corrected chi connectivity index (χ4v) is 4.77. The lowest BCUT2D eigenvalue weighted by atomic mass is 9.82. The maximum Gasteiger partial charge on any atom is 0.409 e. The van der Waals surface area contributed by atoms with Crippen LogP contribution in [0.3, 0.4) is 0 Å². The number of nitrogens with zero attached hydrogens (tertiary/aromatic N) is 5. The molecular formula is C27H32FN5O4. The highest BCUT2D eigenvalue weighted by Crippen LogP contribution is 2.42. The predicted octanol–water partition coefficient (Wildman–Crippen LogP) is 4.53. The zero-order chi connectivity index (χ0) is 26.1. The first-order valence-corrected chi connectivity index (χ1v) is 12.8. The number of amides is 1. The summed E-state index contributed by atoms with van der Waals surface area (Å²) in [5, 5.41) is 5.83. The SMILES string of the molecule is COC(=O)c1cc(N2CCN(C(=O)OCC(C)C)CC2)c2c(C3CCC3)nn(-c3ccc(F)cc3)c2n1. The Bertz CT molecular complexity index is 1290. The molecule has 0 N–H and O–H groups in total. The molecule has 1 aliphatic heterocycles. The summed E-state index contributed by atoms with van der Waals surface area (Å²) in [6, 6.07) is 7.84. The Morgan fingerprint density at radius 2 is 1.81 bits per heavy atom. The molecule has 0 radical (unpaired) electrons. The molecule has 5 rings (SSSR count). The highest BCUT2D eigenvalue weighted by atomic mass is 19.1. The van der Waals surface area contributed by atoms with Crippen LogP contribution in [0.2, 0.25) is 0 Å². The zero-order valence-electron chi connectivity index (χ0n) is 21.4. The van der Waals surface area contributed by atoms with E-state index in [0.717, 1.165) is 36.0 Å². The van der Waals surface area contributed by atoms with Gasteiger partial charge in [-0.3, -0.25) is 0 Å². The maximum atomic E-state index is 13.7. The van der Waals surface area contributed by atoms with Gasteiger partial charge >= 0.3 is 12.1 Å². The van der Waals surface area contributed by atoms with Crippen molar-refractivity contribution in [1.29, 1.82) is 0 Å². The summed E-state index contributed by atoms with van der Waals surface area (Å²) in [4.78, 5) is 33.6. The number of methoxy groups -OCH3 is 1. The first kappa shape index (κ1) is 25.0. The molecule has 1 saturated carbocycles. The number of halogens is 1. The van der Waals surface area contributed by atoms with E-state index in [9.17, 15) is 14.0 Å². The van der Waals surface area contributed by atoms with Crippen molar-refractivity contribution in [3.8, 4) is 5.69 Å². The van der Waals surface area contributed by atoms with Crippen molar-refractivity contribution in [2.45, 2.75) is 39.0 Å². The van der Waals surface area contributed by atoms with Crippen LogP contribution in [0.5, 0.6) is 0 Å². The summed E-state index contributed by atoms with van der Waals surface area (Å²) in [6.45, 7) is 6.54. The lowest BCUT2D eigenvalue weighted by Gasteiger charge is -2.36. The molecule has 196 valence electrons. The summed E-state index contributed by atoms with van der Waals surface area (Å²) in [7, 11) is 1.33. The van der Waals surface area contributed by atoms with Crippen molar-refractivity contribution < 1.29 is 23.5 Å². The van der Waals surface area contributed by atoms with Crippen LogP contribution in [-0.4, -0.2) is 71.6 Å². The van der Waals surface area contributed by atoms with Gasteiger partial charge < -0.3 is 19.3 Å². The van der Waals surface area contributed by atoms with Crippen molar-refractivity contribution in [3.63, 3.8) is 0 Å². The summed E-state index contributed by atoms with van der Waals surface area (Å²) < 4.78 is 25.8. The molecule has 1 aliphatic carbocycles. The molecule has 10 heteroatoms. The number of pyridine rings is 1. The van der Waals surface area contributed by atoms with Gasteiger partial charge in [0.15, 0.2) is 11.3 Å². The van der Waals surface area contributed by atoms with E-state index in [1.54, 1.807) is 27.8 Å². The molecule has 9 nitrogen and oxygen atoms in total. The Balaban J connectivity index is 1.55. The monoisotopic (exact) mass is 509 g/mol. The second-order valence-electron chi connectivity index (χ2n) is 10.1. The van der Waals surface area contributed by atoms with E-state index in [2.05, 4.69) is 9.88 Å². The molecule has 3 aromatic rings. The van der Waals surface area contributed by atoms with Crippen LogP contribution in [0, 0.1) is 11.7 Å². The van der Waals surface area contributed by atoms with Crippen LogP contribution in [0.1, 0.15) is 55.2 Å². The molecule has 0 atom stereocenters. The van der Waals surface area contributed by atoms with Gasteiger partial charge in [-0.05, 0) is 49.1 Å². The van der Waals surface area contributed by atoms with E-state index in [1.807, 2.05) is 13.8 Å². The summed E-state index contributed by atoms with van der Waals surface area (Å²) in [5.74, 6) is -0.320. The second-order valence-corrected chi connectivity index (χ2v) is 10.1. The number of rotatable bonds is 6. The van der Waals surface area contributed by atoms with Crippen LogP contribution in [-0.2, 0) is 9.47 Å². The average molecular weight is 510 g/mol. The van der Waals surface area contributed by atoms with Crippen LogP contribution >= 0.6 is 0 Å². The van der Waals surface area contributed by atoms with Gasteiger partial charge in [0.05, 0.1) is 36.2 Å². The second kappa shape index (κ2) is 10.4. The van der Waals surface area contributed by atoms with Gasteiger partial charge in [0.25, 0.3) is 0 Å². The molecule has 0 unspecified atom stereocenters. The Hall–Kier alpha value is -3.69. The van der Waals surface area contributed by atoms with Gasteiger partial charge in [0.2, 0.25) is 0 Å². The van der Waals surface area contributed by atoms with E-state index in [-0.39, 0.29) is 23.5 Å². The third kappa shape index (κ3) is 4.97. The van der Waals surface area contributed by atoms with Gasteiger partial charge in [0, 0.05) is 32.1 Å². The Morgan fingerprint density at radius 1 is 1.11 bits per heavy atom. The summed E-state index contributed by atoms with van der Waals surface area (Å²) in [5.41, 5.74) is 3.15. The molecule has 1 aromatic carbocycles. The molecule has 1 saturated heterocycles. The van der Waals surface area contributed by atoms with Crippen LogP contribution in [0.15, 0.2) is 30.3 Å². The number of esters is 1. The Kier molecular flexibility index (Phi) is 6.99. The van der Waals surface area contributed by atoms with E-state index in [1.165, 1.54) is 19.2 Å². The van der Waals surface area contributed by atoms with Gasteiger partial charge in [-0.25, -0.2) is 23.6 Å². The standard InChI is InChI=1S/C27H32FN5O4/c1-17(2)16-37-27(35)32-13-11-31(12-14-32)22-15-21(26(34)36-3)29-25-23(22)24(18-5-4-6-18)30-33(25)20-9-7-19(28)8-10-20/h7-10,15,17-18H,4-6,11-14,16H2,1-3H3. The predicted molar refractivity (Wildman–Crippen MR) is 137 cm³/mol. The van der Waals surface area contributed by atoms with Crippen LogP contribution in [0.25, 0.3) is 16.7 Å². The number of carbonyl (C=O) groups excluding carboxylic acids is 2. The van der Waals surface area contributed by atoms with Gasteiger partial charge in [-0.15, -0.1) is 0 Å². The third-order valence-corrected chi connectivity index (χ3v) is 7.02. The first-order valence-electron chi connectivity index (χ1n) is 12.8. The van der Waals surface area contributed by atoms with Crippen molar-refractivity contribution >= 4 is 28.8 Å². The largest absolute Gasteiger partial charge is 0.464 e. The number of benzene rings is 1. The topological polar surface area (TPSA) is 89.8 Å². The number of aromatic nitrogens is 3. The fraction of sp³-hybridized carbons (Fsp3) is 0.481. The number of carbonyl (C=O) groups is 2. The number of hydrogen-bond donors (Lipinski definition) is 0. The molecule has 0 bridgehead atoms. The number of fused-ring (bicyclic) bond motifs is 1. The van der Waals surface area contributed by atoms with Crippen LogP contribution in [0.4, 0.5) is 14.9 Å². The quantitative estimate of drug-likeness (QED) is 0.451. The number of hydrogen-bond acceptors (Lipinski definition) is 7. The molecule has 2 fully saturated rings. The molecule has 3 heterocycles. The van der Waals surface area contributed by atoms with Gasteiger partial charge in [-0.1, -0.05) is 20.3 Å². The van der Waals surface area contributed by atoms with E-state index < -0.39 is 5.97 Å². The highest BCUT2D eigenvalue weighted by molar-refractivity contribution is 5.99. The smallest absolute Gasteiger partial charge is 0.409 e. The lowest BCUT2D eigenvalue weighted by molar-refractivity contribution is 0.0594. The molecule has 1 amide bonds. The molecular weight excluding hydrogens is 477 g/mol. The first-order chi connectivity index (χ1) is 17.9. The normalized spacial score (nSPS) is 16.2. The van der Waals surface area contributed by atoms with Gasteiger partial charge in [-0.2, -0.15) is 5.10 Å². The fourth-order valence-electron chi connectivity index (χ4n) is 4.77. The Labute approximate surface area is 215 Å². The van der Waals surface area contributed by atoms with Gasteiger partial charge in [0.1, 0.15) is 5.82 Å². The van der Waals surface area contributed by atoms with E-state index in [0.29, 0.717) is 50.0 Å². The maximum absolute atomic E-state index is 13.7. The minimum Gasteiger partial charge on any atom is -0.464 e. The van der Waals surface area contributed by atoms with Crippen molar-refractivity contribution in [3.05, 3.63) is 47.5 Å². The summed E-state index contributed by atoms with van der Waals surface area (Å²) in [6.07, 6.45) is 2.89. The van der Waals surface area contributed by atoms with E-state index in [4.69, 9.17) is 14.6 Å². The third-order valence-electron chi connectivity index (χ3n) is 7.02. The number of anilines is 1. The molecule has 37 heavy (non-hydrogen) atoms. The summed E-state index contributed by atoms with van der Waals surface area (Å²) >= 11 is 0. The molecule has 2 aromatic heterocycles. The zero-order valence-corrected chi connectivity index (χ0v) is 21.4. The number of ether oxygens (including phenoxy) is 2. The average Bonchev–Trinajstić information content (AvgIpc) is 3.24. The van der Waals surface area contributed by atoms with Crippen molar-refractivity contribution in [2.24, 2.45) is 5.92 Å². The minimum absolute atomic E-state index is 0.173. The Morgan fingerprint density at radius 3 is 2.41 bits per heavy atom. The molecule has 2 aliphatic rings.